The third-order valence-corrected chi connectivity index (χ3v) is 4.13. The van der Waals surface area contributed by atoms with E-state index < -0.39 is 0 Å². The summed E-state index contributed by atoms with van der Waals surface area (Å²) in [5.41, 5.74) is 2.71. The molecule has 1 aromatic rings. The molecule has 0 aliphatic carbocycles. The predicted molar refractivity (Wildman–Crippen MR) is 92.6 cm³/mol. The first-order valence-electron chi connectivity index (χ1n) is 8.35. The van der Waals surface area contributed by atoms with Crippen molar-refractivity contribution in [2.45, 2.75) is 33.6 Å². The van der Waals surface area contributed by atoms with Gasteiger partial charge in [-0.2, -0.15) is 0 Å². The summed E-state index contributed by atoms with van der Waals surface area (Å²) in [4.78, 5) is 16.4. The van der Waals surface area contributed by atoms with Gasteiger partial charge < -0.3 is 15.1 Å². The Labute approximate surface area is 134 Å². The first-order valence-corrected chi connectivity index (χ1v) is 8.35. The molecule has 1 fully saturated rings. The number of para-hydroxylation sites is 1. The fourth-order valence-electron chi connectivity index (χ4n) is 2.82. The van der Waals surface area contributed by atoms with Crippen LogP contribution in [0.5, 0.6) is 0 Å². The maximum Gasteiger partial charge on any atom is 0.317 e. The Balaban J connectivity index is 1.94. The summed E-state index contributed by atoms with van der Waals surface area (Å²) >= 11 is 0. The molecule has 0 aromatic heterocycles. The molecule has 1 aliphatic heterocycles. The quantitative estimate of drug-likeness (QED) is 0.926. The molecule has 1 saturated heterocycles. The number of piperazine rings is 1. The van der Waals surface area contributed by atoms with E-state index in [-0.39, 0.29) is 6.03 Å². The molecule has 4 nitrogen and oxygen atoms in total. The van der Waals surface area contributed by atoms with Gasteiger partial charge in [0.25, 0.3) is 0 Å². The largest absolute Gasteiger partial charge is 0.368 e. The van der Waals surface area contributed by atoms with E-state index in [0.717, 1.165) is 32.7 Å². The Morgan fingerprint density at radius 1 is 1.09 bits per heavy atom. The summed E-state index contributed by atoms with van der Waals surface area (Å²) in [6, 6.07) is 8.69. The van der Waals surface area contributed by atoms with Crippen LogP contribution in [0.25, 0.3) is 0 Å². The molecular weight excluding hydrogens is 274 g/mol. The van der Waals surface area contributed by atoms with Crippen molar-refractivity contribution in [2.24, 2.45) is 5.92 Å². The Morgan fingerprint density at radius 3 is 2.32 bits per heavy atom. The number of amides is 2. The van der Waals surface area contributed by atoms with E-state index in [1.165, 1.54) is 11.3 Å². The van der Waals surface area contributed by atoms with E-state index in [0.29, 0.717) is 11.8 Å². The van der Waals surface area contributed by atoms with E-state index in [1.807, 2.05) is 4.90 Å². The summed E-state index contributed by atoms with van der Waals surface area (Å²) in [5.74, 6) is 1.01. The van der Waals surface area contributed by atoms with Crippen molar-refractivity contribution in [2.75, 3.05) is 37.6 Å². The van der Waals surface area contributed by atoms with Gasteiger partial charge in [0, 0.05) is 38.4 Å². The van der Waals surface area contributed by atoms with Crippen LogP contribution in [0.1, 0.15) is 39.2 Å². The number of hydrogen-bond donors (Lipinski definition) is 1. The average Bonchev–Trinajstić information content (AvgIpc) is 2.52. The Morgan fingerprint density at radius 2 is 1.73 bits per heavy atom. The molecule has 1 heterocycles. The molecule has 22 heavy (non-hydrogen) atoms. The molecule has 1 aliphatic rings. The van der Waals surface area contributed by atoms with Gasteiger partial charge in [-0.1, -0.05) is 45.9 Å². The van der Waals surface area contributed by atoms with Gasteiger partial charge in [0.15, 0.2) is 0 Å². The maximum atomic E-state index is 12.1. The summed E-state index contributed by atoms with van der Waals surface area (Å²) < 4.78 is 0. The highest BCUT2D eigenvalue weighted by atomic mass is 16.2. The summed E-state index contributed by atoms with van der Waals surface area (Å²) in [7, 11) is 0. The van der Waals surface area contributed by atoms with Gasteiger partial charge in [-0.15, -0.1) is 0 Å². The topological polar surface area (TPSA) is 35.6 Å². The zero-order chi connectivity index (χ0) is 16.1. The van der Waals surface area contributed by atoms with Crippen LogP contribution < -0.4 is 10.2 Å². The van der Waals surface area contributed by atoms with Crippen LogP contribution in [0.2, 0.25) is 0 Å². The molecule has 0 bridgehead atoms. The number of benzene rings is 1. The molecule has 1 aromatic carbocycles. The molecule has 0 unspecified atom stereocenters. The lowest BCUT2D eigenvalue weighted by molar-refractivity contribution is 0.193. The number of carbonyl (C=O) groups excluding carboxylic acids is 1. The standard InChI is InChI=1S/C18H29N3O/c1-14(2)13-19-18(22)21-11-9-20(10-12-21)17-8-6-5-7-16(17)15(3)4/h5-8,14-15H,9-13H2,1-4H3,(H,19,22). The minimum absolute atomic E-state index is 0.0745. The van der Waals surface area contributed by atoms with E-state index in [1.54, 1.807) is 0 Å². The molecule has 4 heteroatoms. The van der Waals surface area contributed by atoms with E-state index in [9.17, 15) is 4.79 Å². The molecule has 2 rings (SSSR count). The van der Waals surface area contributed by atoms with E-state index in [4.69, 9.17) is 0 Å². The highest BCUT2D eigenvalue weighted by molar-refractivity contribution is 5.74. The van der Waals surface area contributed by atoms with E-state index >= 15 is 0 Å². The smallest absolute Gasteiger partial charge is 0.317 e. The second-order valence-electron chi connectivity index (χ2n) is 6.77. The van der Waals surface area contributed by atoms with Crippen LogP contribution in [0.3, 0.4) is 0 Å². The normalized spacial score (nSPS) is 15.5. The molecule has 2 amide bonds. The van der Waals surface area contributed by atoms with Crippen LogP contribution in [0, 0.1) is 5.92 Å². The zero-order valence-corrected chi connectivity index (χ0v) is 14.3. The number of rotatable bonds is 4. The minimum Gasteiger partial charge on any atom is -0.368 e. The van der Waals surface area contributed by atoms with Crippen molar-refractivity contribution in [1.82, 2.24) is 10.2 Å². The van der Waals surface area contributed by atoms with Crippen molar-refractivity contribution < 1.29 is 4.79 Å². The second kappa shape index (κ2) is 7.52. The van der Waals surface area contributed by atoms with Gasteiger partial charge >= 0.3 is 6.03 Å². The van der Waals surface area contributed by atoms with Crippen LogP contribution >= 0.6 is 0 Å². The maximum absolute atomic E-state index is 12.1. The first kappa shape index (κ1) is 16.7. The lowest BCUT2D eigenvalue weighted by Gasteiger charge is -2.37. The fraction of sp³-hybridized carbons (Fsp3) is 0.611. The first-order chi connectivity index (χ1) is 10.5. The number of nitrogens with one attached hydrogen (secondary N) is 1. The van der Waals surface area contributed by atoms with Crippen LogP contribution in [-0.4, -0.2) is 43.7 Å². The van der Waals surface area contributed by atoms with Crippen molar-refractivity contribution >= 4 is 11.7 Å². The molecule has 122 valence electrons. The number of anilines is 1. The number of hydrogen-bond acceptors (Lipinski definition) is 2. The monoisotopic (exact) mass is 303 g/mol. The highest BCUT2D eigenvalue weighted by Crippen LogP contribution is 2.27. The van der Waals surface area contributed by atoms with Gasteiger partial charge in [0.1, 0.15) is 0 Å². The summed E-state index contributed by atoms with van der Waals surface area (Å²) in [6.45, 7) is 12.8. The molecule has 0 radical (unpaired) electrons. The molecule has 1 N–H and O–H groups in total. The van der Waals surface area contributed by atoms with Crippen molar-refractivity contribution in [3.8, 4) is 0 Å². The molecule has 0 saturated carbocycles. The number of carbonyl (C=O) groups is 1. The Hall–Kier alpha value is -1.71. The van der Waals surface area contributed by atoms with Crippen molar-refractivity contribution in [1.29, 1.82) is 0 Å². The van der Waals surface area contributed by atoms with Gasteiger partial charge in [0.2, 0.25) is 0 Å². The van der Waals surface area contributed by atoms with Gasteiger partial charge in [-0.3, -0.25) is 0 Å². The van der Waals surface area contributed by atoms with Gasteiger partial charge in [-0.25, -0.2) is 4.79 Å². The Bertz CT molecular complexity index is 491. The molecule has 0 atom stereocenters. The third-order valence-electron chi connectivity index (χ3n) is 4.13. The second-order valence-corrected chi connectivity index (χ2v) is 6.77. The number of nitrogens with zero attached hydrogens (tertiary/aromatic N) is 2. The predicted octanol–water partition coefficient (Wildman–Crippen LogP) is 3.30. The van der Waals surface area contributed by atoms with Crippen LogP contribution in [0.15, 0.2) is 24.3 Å². The molecule has 0 spiro atoms. The van der Waals surface area contributed by atoms with Crippen LogP contribution in [0.4, 0.5) is 10.5 Å². The van der Waals surface area contributed by atoms with Gasteiger partial charge in [0.05, 0.1) is 0 Å². The zero-order valence-electron chi connectivity index (χ0n) is 14.3. The minimum atomic E-state index is 0.0745. The lowest BCUT2D eigenvalue weighted by atomic mass is 10.00. The number of urea groups is 1. The summed E-state index contributed by atoms with van der Waals surface area (Å²) in [5, 5.41) is 3.00. The van der Waals surface area contributed by atoms with Gasteiger partial charge in [-0.05, 0) is 23.5 Å². The molecular formula is C18H29N3O. The fourth-order valence-corrected chi connectivity index (χ4v) is 2.82. The van der Waals surface area contributed by atoms with Crippen LogP contribution in [-0.2, 0) is 0 Å². The van der Waals surface area contributed by atoms with Crippen molar-refractivity contribution in [3.05, 3.63) is 29.8 Å². The average molecular weight is 303 g/mol. The Kier molecular flexibility index (Phi) is 5.69. The summed E-state index contributed by atoms with van der Waals surface area (Å²) in [6.07, 6.45) is 0. The third kappa shape index (κ3) is 4.15. The SMILES string of the molecule is CC(C)CNC(=O)N1CCN(c2ccccc2C(C)C)CC1. The lowest BCUT2D eigenvalue weighted by Crippen LogP contribution is -2.52. The van der Waals surface area contributed by atoms with E-state index in [2.05, 4.69) is 62.2 Å². The highest BCUT2D eigenvalue weighted by Gasteiger charge is 2.22. The van der Waals surface area contributed by atoms with Crippen molar-refractivity contribution in [3.63, 3.8) is 0 Å².